The molecule has 2 N–H and O–H groups in total. The first-order valence-electron chi connectivity index (χ1n) is 6.14. The van der Waals surface area contributed by atoms with Crippen LogP contribution in [0.15, 0.2) is 24.4 Å². The van der Waals surface area contributed by atoms with Gasteiger partial charge in [0.15, 0.2) is 11.5 Å². The molecule has 0 aliphatic carbocycles. The standard InChI is InChI=1S/C13H17N3O2/c1-3-9(4-2)14-12-11(13(17)18)16-8-6-5-7-10(16)15-12/h5-9,14H,3-4H2,1-2H3,(H,17,18). The number of carboxylic acids is 1. The Morgan fingerprint density at radius 3 is 2.78 bits per heavy atom. The van der Waals surface area contributed by atoms with Gasteiger partial charge in [0.05, 0.1) is 0 Å². The highest BCUT2D eigenvalue weighted by Gasteiger charge is 2.19. The monoisotopic (exact) mass is 247 g/mol. The third-order valence-electron chi connectivity index (χ3n) is 3.06. The quantitative estimate of drug-likeness (QED) is 0.852. The first-order chi connectivity index (χ1) is 8.67. The average Bonchev–Trinajstić information content (AvgIpc) is 2.73. The van der Waals surface area contributed by atoms with Gasteiger partial charge in [0.1, 0.15) is 5.65 Å². The predicted octanol–water partition coefficient (Wildman–Crippen LogP) is 2.63. The summed E-state index contributed by atoms with van der Waals surface area (Å²) in [6.07, 6.45) is 3.58. The van der Waals surface area contributed by atoms with Crippen LogP contribution in [0.25, 0.3) is 5.65 Å². The first-order valence-corrected chi connectivity index (χ1v) is 6.14. The molecule has 0 aromatic carbocycles. The zero-order valence-corrected chi connectivity index (χ0v) is 10.6. The molecule has 0 aliphatic rings. The van der Waals surface area contributed by atoms with Crippen LogP contribution in [0.1, 0.15) is 37.2 Å². The number of hydrogen-bond donors (Lipinski definition) is 2. The van der Waals surface area contributed by atoms with Crippen LogP contribution < -0.4 is 5.32 Å². The molecule has 0 bridgehead atoms. The minimum Gasteiger partial charge on any atom is -0.476 e. The summed E-state index contributed by atoms with van der Waals surface area (Å²) in [5.41, 5.74) is 0.834. The number of imidazole rings is 1. The summed E-state index contributed by atoms with van der Waals surface area (Å²) in [6.45, 7) is 4.13. The number of pyridine rings is 1. The largest absolute Gasteiger partial charge is 0.476 e. The lowest BCUT2D eigenvalue weighted by Gasteiger charge is -2.14. The number of rotatable bonds is 5. The van der Waals surface area contributed by atoms with Gasteiger partial charge in [-0.1, -0.05) is 19.9 Å². The Hall–Kier alpha value is -2.04. The highest BCUT2D eigenvalue weighted by atomic mass is 16.4. The molecule has 0 unspecified atom stereocenters. The van der Waals surface area contributed by atoms with Gasteiger partial charge in [0.2, 0.25) is 0 Å². The Balaban J connectivity index is 2.49. The summed E-state index contributed by atoms with van der Waals surface area (Å²) < 4.78 is 1.59. The summed E-state index contributed by atoms with van der Waals surface area (Å²) in [4.78, 5) is 15.7. The zero-order chi connectivity index (χ0) is 13.1. The SMILES string of the molecule is CCC(CC)Nc1nc2ccccn2c1C(=O)O. The van der Waals surface area contributed by atoms with Crippen molar-refractivity contribution in [2.75, 3.05) is 5.32 Å². The highest BCUT2D eigenvalue weighted by Crippen LogP contribution is 2.19. The van der Waals surface area contributed by atoms with Gasteiger partial charge < -0.3 is 10.4 Å². The Kier molecular flexibility index (Phi) is 3.50. The van der Waals surface area contributed by atoms with Gasteiger partial charge in [-0.05, 0) is 25.0 Å². The van der Waals surface area contributed by atoms with Gasteiger partial charge in [-0.15, -0.1) is 0 Å². The van der Waals surface area contributed by atoms with E-state index in [1.165, 1.54) is 0 Å². The summed E-state index contributed by atoms with van der Waals surface area (Å²) in [7, 11) is 0. The highest BCUT2D eigenvalue weighted by molar-refractivity contribution is 5.93. The molecule has 5 nitrogen and oxygen atoms in total. The molecule has 18 heavy (non-hydrogen) atoms. The number of nitrogens with one attached hydrogen (secondary N) is 1. The number of fused-ring (bicyclic) bond motifs is 1. The van der Waals surface area contributed by atoms with Crippen molar-refractivity contribution in [3.63, 3.8) is 0 Å². The van der Waals surface area contributed by atoms with Crippen molar-refractivity contribution >= 4 is 17.4 Å². The van der Waals surface area contributed by atoms with E-state index in [9.17, 15) is 9.90 Å². The summed E-state index contributed by atoms with van der Waals surface area (Å²) >= 11 is 0. The molecule has 0 amide bonds. The van der Waals surface area contributed by atoms with Crippen LogP contribution in [-0.4, -0.2) is 26.5 Å². The van der Waals surface area contributed by atoms with Crippen LogP contribution in [0.2, 0.25) is 0 Å². The van der Waals surface area contributed by atoms with Crippen LogP contribution in [0.5, 0.6) is 0 Å². The van der Waals surface area contributed by atoms with Crippen LogP contribution in [-0.2, 0) is 0 Å². The third-order valence-corrected chi connectivity index (χ3v) is 3.06. The van der Waals surface area contributed by atoms with Gasteiger partial charge >= 0.3 is 5.97 Å². The maximum absolute atomic E-state index is 11.4. The molecule has 0 radical (unpaired) electrons. The van der Waals surface area contributed by atoms with Crippen molar-refractivity contribution in [1.29, 1.82) is 0 Å². The fourth-order valence-electron chi connectivity index (χ4n) is 1.99. The second kappa shape index (κ2) is 5.08. The van der Waals surface area contributed by atoms with E-state index in [2.05, 4.69) is 24.1 Å². The molecule has 0 aliphatic heterocycles. The molecule has 2 rings (SSSR count). The number of carboxylic acid groups (broad SMARTS) is 1. The Morgan fingerprint density at radius 1 is 1.44 bits per heavy atom. The molecule has 5 heteroatoms. The molecular weight excluding hydrogens is 230 g/mol. The number of aromatic nitrogens is 2. The normalized spacial score (nSPS) is 11.1. The van der Waals surface area contributed by atoms with E-state index in [-0.39, 0.29) is 11.7 Å². The van der Waals surface area contributed by atoms with E-state index in [0.717, 1.165) is 12.8 Å². The number of anilines is 1. The maximum atomic E-state index is 11.4. The molecule has 2 heterocycles. The summed E-state index contributed by atoms with van der Waals surface area (Å²) in [6, 6.07) is 5.68. The first kappa shape index (κ1) is 12.4. The number of aromatic carboxylic acids is 1. The second-order valence-electron chi connectivity index (χ2n) is 4.20. The number of carbonyl (C=O) groups is 1. The number of nitrogens with zero attached hydrogens (tertiary/aromatic N) is 2. The summed E-state index contributed by atoms with van der Waals surface area (Å²) in [5.74, 6) is -0.524. The Morgan fingerprint density at radius 2 is 2.17 bits per heavy atom. The van der Waals surface area contributed by atoms with E-state index >= 15 is 0 Å². The van der Waals surface area contributed by atoms with Gasteiger partial charge in [-0.3, -0.25) is 4.40 Å². The van der Waals surface area contributed by atoms with Crippen molar-refractivity contribution in [1.82, 2.24) is 9.38 Å². The van der Waals surface area contributed by atoms with E-state index in [1.54, 1.807) is 22.7 Å². The molecule has 0 saturated heterocycles. The fraction of sp³-hybridized carbons (Fsp3) is 0.385. The topological polar surface area (TPSA) is 66.6 Å². The summed E-state index contributed by atoms with van der Waals surface area (Å²) in [5, 5.41) is 12.5. The van der Waals surface area contributed by atoms with E-state index in [1.807, 2.05) is 6.07 Å². The molecule has 0 atom stereocenters. The van der Waals surface area contributed by atoms with E-state index in [4.69, 9.17) is 0 Å². The van der Waals surface area contributed by atoms with Crippen molar-refractivity contribution in [3.8, 4) is 0 Å². The van der Waals surface area contributed by atoms with Gasteiger partial charge in [-0.2, -0.15) is 0 Å². The third kappa shape index (κ3) is 2.16. The van der Waals surface area contributed by atoms with Crippen molar-refractivity contribution in [2.24, 2.45) is 0 Å². The molecule has 0 saturated carbocycles. The lowest BCUT2D eigenvalue weighted by molar-refractivity contribution is 0.0690. The van der Waals surface area contributed by atoms with E-state index < -0.39 is 5.97 Å². The van der Waals surface area contributed by atoms with Crippen molar-refractivity contribution < 1.29 is 9.90 Å². The van der Waals surface area contributed by atoms with Crippen LogP contribution in [0, 0.1) is 0 Å². The predicted molar refractivity (Wildman–Crippen MR) is 70.1 cm³/mol. The second-order valence-corrected chi connectivity index (χ2v) is 4.20. The lowest BCUT2D eigenvalue weighted by Crippen LogP contribution is -2.19. The van der Waals surface area contributed by atoms with Gasteiger partial charge in [0, 0.05) is 12.2 Å². The average molecular weight is 247 g/mol. The fourth-order valence-corrected chi connectivity index (χ4v) is 1.99. The molecule has 2 aromatic rings. The molecule has 96 valence electrons. The van der Waals surface area contributed by atoms with Crippen LogP contribution in [0.3, 0.4) is 0 Å². The smallest absolute Gasteiger partial charge is 0.356 e. The maximum Gasteiger partial charge on any atom is 0.356 e. The minimum absolute atomic E-state index is 0.192. The van der Waals surface area contributed by atoms with E-state index in [0.29, 0.717) is 11.5 Å². The molecule has 2 aromatic heterocycles. The lowest BCUT2D eigenvalue weighted by atomic mass is 10.2. The minimum atomic E-state index is -0.970. The van der Waals surface area contributed by atoms with Crippen molar-refractivity contribution in [2.45, 2.75) is 32.7 Å². The number of hydrogen-bond acceptors (Lipinski definition) is 3. The van der Waals surface area contributed by atoms with Gasteiger partial charge in [-0.25, -0.2) is 9.78 Å². The Labute approximate surface area is 105 Å². The van der Waals surface area contributed by atoms with Gasteiger partial charge in [0.25, 0.3) is 0 Å². The van der Waals surface area contributed by atoms with Crippen LogP contribution >= 0.6 is 0 Å². The molecule has 0 fully saturated rings. The molecular formula is C13H17N3O2. The molecule has 0 spiro atoms. The van der Waals surface area contributed by atoms with Crippen molar-refractivity contribution in [3.05, 3.63) is 30.1 Å². The Bertz CT molecular complexity index is 558. The zero-order valence-electron chi connectivity index (χ0n) is 10.6. The van der Waals surface area contributed by atoms with Crippen LogP contribution in [0.4, 0.5) is 5.82 Å².